The summed E-state index contributed by atoms with van der Waals surface area (Å²) in [5.74, 6) is -1.15. The predicted molar refractivity (Wildman–Crippen MR) is 126 cm³/mol. The van der Waals surface area contributed by atoms with Crippen LogP contribution in [0.4, 0.5) is 5.82 Å². The van der Waals surface area contributed by atoms with E-state index in [0.717, 1.165) is 18.1 Å². The minimum atomic E-state index is -5.78. The molecule has 39 heavy (non-hydrogen) atoms. The zero-order valence-corrected chi connectivity index (χ0v) is 22.7. The second kappa shape index (κ2) is 12.1. The molecule has 220 valence electrons. The first-order chi connectivity index (χ1) is 17.9. The molecule has 0 saturated carbocycles. The number of anilines is 1. The molecule has 25 heteroatoms. The topological polar surface area (TPSA) is 342 Å². The van der Waals surface area contributed by atoms with Gasteiger partial charge in [0.2, 0.25) is 0 Å². The number of aliphatic hydroxyl groups excluding tert-OH is 2. The second-order valence-corrected chi connectivity index (χ2v) is 13.2. The summed E-state index contributed by atoms with van der Waals surface area (Å²) >= 11 is 0.987. The summed E-state index contributed by atoms with van der Waals surface area (Å²) < 4.78 is 52.7. The molecule has 3 rings (SSSR count). The molecule has 4 unspecified atom stereocenters. The Kier molecular flexibility index (Phi) is 9.92. The van der Waals surface area contributed by atoms with Crippen molar-refractivity contribution in [1.29, 1.82) is 0 Å². The van der Waals surface area contributed by atoms with Crippen LogP contribution in [0.2, 0.25) is 0 Å². The fraction of sp³-hybridized carbons (Fsp3) is 0.571. The maximum atomic E-state index is 12.0. The molecule has 1 saturated heterocycles. The summed E-state index contributed by atoms with van der Waals surface area (Å²) in [5, 5.41) is 30.2. The first-order valence-corrected chi connectivity index (χ1v) is 15.8. The summed E-state index contributed by atoms with van der Waals surface area (Å²) in [6, 6.07) is -1.17. The number of imidazole rings is 1. The number of nitrogens with two attached hydrogens (primary N) is 2. The van der Waals surface area contributed by atoms with E-state index >= 15 is 0 Å². The number of ether oxygens (including phenoxy) is 1. The Morgan fingerprint density at radius 3 is 2.41 bits per heavy atom. The zero-order chi connectivity index (χ0) is 29.3. The average Bonchev–Trinajstić information content (AvgIpc) is 3.28. The highest BCUT2D eigenvalue weighted by atomic mass is 32.2. The van der Waals surface area contributed by atoms with Crippen molar-refractivity contribution < 1.29 is 71.3 Å². The van der Waals surface area contributed by atoms with Gasteiger partial charge in [0.05, 0.1) is 6.61 Å². The SMILES string of the molecule is Nc1ncnc2c1nc(SCCC(N)C(=O)O)n2C1O[C@H](COP(=O)(O)OP(=O)(O)OP(=O)(O)O)[C@@H](O)[C@H]1O. The van der Waals surface area contributed by atoms with E-state index < -0.39 is 66.6 Å². The Labute approximate surface area is 221 Å². The third-order valence-electron chi connectivity index (χ3n) is 4.86. The van der Waals surface area contributed by atoms with E-state index in [0.29, 0.717) is 0 Å². The van der Waals surface area contributed by atoms with Gasteiger partial charge in [0.1, 0.15) is 30.7 Å². The number of carbonyl (C=O) groups is 1. The summed E-state index contributed by atoms with van der Waals surface area (Å²) in [6.07, 6.45) is -5.49. The van der Waals surface area contributed by atoms with Gasteiger partial charge in [0, 0.05) is 5.75 Å². The van der Waals surface area contributed by atoms with Gasteiger partial charge in [-0.3, -0.25) is 13.9 Å². The molecule has 0 aromatic carbocycles. The summed E-state index contributed by atoms with van der Waals surface area (Å²) in [5.41, 5.74) is 11.5. The molecule has 0 bridgehead atoms. The van der Waals surface area contributed by atoms with Crippen molar-refractivity contribution in [1.82, 2.24) is 19.5 Å². The van der Waals surface area contributed by atoms with Crippen LogP contribution in [0.25, 0.3) is 11.2 Å². The highest BCUT2D eigenvalue weighted by Gasteiger charge is 2.47. The molecular weight excluding hydrogens is 617 g/mol. The Morgan fingerprint density at radius 1 is 1.13 bits per heavy atom. The van der Waals surface area contributed by atoms with E-state index in [-0.39, 0.29) is 34.3 Å². The van der Waals surface area contributed by atoms with E-state index in [1.807, 2.05) is 0 Å². The first kappa shape index (κ1) is 31.9. The Bertz CT molecular complexity index is 1360. The Hall–Kier alpha value is -1.58. The van der Waals surface area contributed by atoms with Crippen molar-refractivity contribution in [3.05, 3.63) is 6.33 Å². The number of thioether (sulfide) groups is 1. The summed E-state index contributed by atoms with van der Waals surface area (Å²) in [7, 11) is -16.9. The molecule has 2 aromatic heterocycles. The lowest BCUT2D eigenvalue weighted by molar-refractivity contribution is -0.138. The number of phosphoric acid groups is 3. The van der Waals surface area contributed by atoms with Gasteiger partial charge in [-0.25, -0.2) is 28.6 Å². The molecule has 2 aromatic rings. The molecule has 1 aliphatic heterocycles. The third kappa shape index (κ3) is 8.23. The average molecular weight is 640 g/mol. The van der Waals surface area contributed by atoms with Gasteiger partial charge in [-0.1, -0.05) is 11.8 Å². The van der Waals surface area contributed by atoms with Crippen molar-refractivity contribution in [2.45, 2.75) is 42.2 Å². The number of nitrogen functional groups attached to an aromatic ring is 1. The van der Waals surface area contributed by atoms with E-state index in [1.54, 1.807) is 0 Å². The molecular formula is C14H23N6O15P3S. The normalized spacial score (nSPS) is 25.8. The van der Waals surface area contributed by atoms with Crippen LogP contribution < -0.4 is 11.5 Å². The fourth-order valence-electron chi connectivity index (χ4n) is 3.19. The monoisotopic (exact) mass is 640 g/mol. The van der Waals surface area contributed by atoms with Crippen molar-refractivity contribution in [3.8, 4) is 0 Å². The number of phosphoric ester groups is 1. The van der Waals surface area contributed by atoms with E-state index in [4.69, 9.17) is 31.1 Å². The van der Waals surface area contributed by atoms with Crippen LogP contribution in [-0.4, -0.2) is 97.1 Å². The fourth-order valence-corrected chi connectivity index (χ4v) is 7.26. The second-order valence-electron chi connectivity index (χ2n) is 7.71. The Balaban J connectivity index is 1.79. The number of carboxylic acid groups (broad SMARTS) is 1. The predicted octanol–water partition coefficient (Wildman–Crippen LogP) is -1.73. The number of nitrogens with zero attached hydrogens (tertiary/aromatic N) is 4. The van der Waals surface area contributed by atoms with Crippen LogP contribution in [-0.2, 0) is 36.4 Å². The molecule has 0 spiro atoms. The van der Waals surface area contributed by atoms with Crippen molar-refractivity contribution >= 4 is 58.2 Å². The zero-order valence-electron chi connectivity index (χ0n) is 19.2. The summed E-state index contributed by atoms with van der Waals surface area (Å²) in [4.78, 5) is 59.2. The Morgan fingerprint density at radius 2 is 1.79 bits per heavy atom. The molecule has 0 radical (unpaired) electrons. The van der Waals surface area contributed by atoms with E-state index in [9.17, 15) is 38.5 Å². The minimum absolute atomic E-state index is 0.0176. The number of hydrogen-bond acceptors (Lipinski definition) is 16. The van der Waals surface area contributed by atoms with E-state index in [2.05, 4.69) is 28.1 Å². The van der Waals surface area contributed by atoms with Crippen LogP contribution in [0.15, 0.2) is 11.5 Å². The molecule has 1 aliphatic rings. The molecule has 0 amide bonds. The highest BCUT2D eigenvalue weighted by Crippen LogP contribution is 2.66. The first-order valence-electron chi connectivity index (χ1n) is 10.3. The maximum absolute atomic E-state index is 12.0. The van der Waals surface area contributed by atoms with Crippen molar-refractivity contribution in [3.63, 3.8) is 0 Å². The van der Waals surface area contributed by atoms with Gasteiger partial charge >= 0.3 is 29.4 Å². The standard InChI is InChI=1S/C14H23N6O15P3S/c15-5(13(23)24)1-2-39-14-19-7-10(16)17-4-18-11(7)20(14)12-9(22)8(21)6(33-12)3-32-37(28,29)35-38(30,31)34-36(25,26)27/h4-6,8-9,12,21-22H,1-3,15H2,(H,23,24)(H,28,29)(H,30,31)(H2,16,17,18)(H2,25,26,27)/t5?,6-,8-,9-,12?/m1/s1. The number of carboxylic acids is 1. The lowest BCUT2D eigenvalue weighted by Gasteiger charge is -2.20. The number of aromatic nitrogens is 4. The van der Waals surface area contributed by atoms with Crippen molar-refractivity contribution in [2.24, 2.45) is 5.73 Å². The van der Waals surface area contributed by atoms with Gasteiger partial charge in [-0.05, 0) is 6.42 Å². The van der Waals surface area contributed by atoms with Gasteiger partial charge in [0.25, 0.3) is 0 Å². The molecule has 11 N–H and O–H groups in total. The van der Waals surface area contributed by atoms with Gasteiger partial charge < -0.3 is 51.1 Å². The molecule has 0 aliphatic carbocycles. The van der Waals surface area contributed by atoms with Gasteiger partial charge in [0.15, 0.2) is 28.4 Å². The number of aliphatic carboxylic acids is 1. The van der Waals surface area contributed by atoms with Gasteiger partial charge in [-0.15, -0.1) is 0 Å². The smallest absolute Gasteiger partial charge is 0.480 e. The highest BCUT2D eigenvalue weighted by molar-refractivity contribution is 7.99. The summed E-state index contributed by atoms with van der Waals surface area (Å²) in [6.45, 7) is -1.04. The van der Waals surface area contributed by atoms with Crippen molar-refractivity contribution in [2.75, 3.05) is 18.1 Å². The molecule has 1 fully saturated rings. The largest absolute Gasteiger partial charge is 0.490 e. The quantitative estimate of drug-likeness (QED) is 0.0866. The number of aliphatic hydroxyl groups is 2. The molecule has 7 atom stereocenters. The number of hydrogen-bond donors (Lipinski definition) is 9. The van der Waals surface area contributed by atoms with Crippen LogP contribution in [0.3, 0.4) is 0 Å². The third-order valence-corrected chi connectivity index (χ3v) is 9.65. The van der Waals surface area contributed by atoms with Crippen LogP contribution >= 0.6 is 35.2 Å². The van der Waals surface area contributed by atoms with Crippen LogP contribution in [0, 0.1) is 0 Å². The van der Waals surface area contributed by atoms with E-state index in [1.165, 1.54) is 4.57 Å². The lowest BCUT2D eigenvalue weighted by atomic mass is 10.1. The van der Waals surface area contributed by atoms with Gasteiger partial charge in [-0.2, -0.15) is 8.62 Å². The lowest BCUT2D eigenvalue weighted by Crippen LogP contribution is -2.33. The van der Waals surface area contributed by atoms with Crippen LogP contribution in [0.5, 0.6) is 0 Å². The molecule has 21 nitrogen and oxygen atoms in total. The number of fused-ring (bicyclic) bond motifs is 1. The maximum Gasteiger partial charge on any atom is 0.490 e. The van der Waals surface area contributed by atoms with Crippen LogP contribution in [0.1, 0.15) is 12.6 Å². The molecule has 3 heterocycles. The minimum Gasteiger partial charge on any atom is -0.480 e. The number of rotatable bonds is 13.